The molecule has 0 aliphatic carbocycles. The van der Waals surface area contributed by atoms with Gasteiger partial charge in [-0.1, -0.05) is 29.8 Å². The number of amides is 1. The van der Waals surface area contributed by atoms with Crippen molar-refractivity contribution in [2.45, 2.75) is 6.92 Å². The number of aryl methyl sites for hydroxylation is 1. The molecule has 0 saturated carbocycles. The minimum absolute atomic E-state index is 0.0640. The van der Waals surface area contributed by atoms with Gasteiger partial charge in [0.1, 0.15) is 16.9 Å². The summed E-state index contributed by atoms with van der Waals surface area (Å²) >= 11 is 0. The van der Waals surface area contributed by atoms with Gasteiger partial charge in [-0.05, 0) is 55.0 Å². The smallest absolute Gasteiger partial charge is 0.261 e. The molecule has 5 rings (SSSR count). The van der Waals surface area contributed by atoms with Gasteiger partial charge in [0.25, 0.3) is 5.91 Å². The molecule has 34 heavy (non-hydrogen) atoms. The highest BCUT2D eigenvalue weighted by atomic mass is 16.3. The summed E-state index contributed by atoms with van der Waals surface area (Å²) in [7, 11) is 0. The number of phenolic OH excluding ortho intramolecular Hbond substituents is 2. The number of nitrogens with one attached hydrogen (secondary N) is 1. The van der Waals surface area contributed by atoms with Crippen molar-refractivity contribution in [2.75, 3.05) is 11.1 Å². The van der Waals surface area contributed by atoms with Gasteiger partial charge in [-0.3, -0.25) is 4.79 Å². The van der Waals surface area contributed by atoms with E-state index in [2.05, 4.69) is 20.4 Å². The number of phenols is 2. The van der Waals surface area contributed by atoms with Crippen LogP contribution < -0.4 is 11.1 Å². The van der Waals surface area contributed by atoms with Gasteiger partial charge in [0.15, 0.2) is 17.1 Å². The van der Waals surface area contributed by atoms with Crippen LogP contribution in [0.3, 0.4) is 0 Å². The fourth-order valence-electron chi connectivity index (χ4n) is 3.56. The van der Waals surface area contributed by atoms with Gasteiger partial charge in [-0.15, -0.1) is 0 Å². The van der Waals surface area contributed by atoms with Gasteiger partial charge < -0.3 is 21.3 Å². The summed E-state index contributed by atoms with van der Waals surface area (Å²) in [6.07, 6.45) is 1.44. The van der Waals surface area contributed by atoms with Crippen molar-refractivity contribution in [1.29, 1.82) is 0 Å². The topological polar surface area (TPSA) is 139 Å². The molecule has 2 aromatic heterocycles. The molecular formula is C25H20N6O3. The van der Waals surface area contributed by atoms with Crippen molar-refractivity contribution >= 4 is 45.8 Å². The summed E-state index contributed by atoms with van der Waals surface area (Å²) in [4.78, 5) is 22.5. The van der Waals surface area contributed by atoms with Crippen LogP contribution >= 0.6 is 0 Å². The standard InChI is InChI=1S/C25H20N6O3/c1-14-6-9-16(10-7-14)28-25(34)21-22-24(30-18-5-3-2-4-17(18)29-22)31(23(21)26)27-13-15-8-11-19(32)20(33)12-15/h2-13,32-33H,26H2,1H3,(H,28,34). The Morgan fingerprint density at radius 3 is 2.41 bits per heavy atom. The van der Waals surface area contributed by atoms with Gasteiger partial charge in [0.2, 0.25) is 0 Å². The Balaban J connectivity index is 1.65. The van der Waals surface area contributed by atoms with E-state index in [9.17, 15) is 15.0 Å². The predicted octanol–water partition coefficient (Wildman–Crippen LogP) is 4.02. The van der Waals surface area contributed by atoms with Crippen molar-refractivity contribution < 1.29 is 15.0 Å². The molecule has 0 bridgehead atoms. The number of rotatable bonds is 4. The van der Waals surface area contributed by atoms with Crippen LogP contribution in [-0.4, -0.2) is 37.0 Å². The van der Waals surface area contributed by atoms with Crippen molar-refractivity contribution in [3.8, 4) is 11.5 Å². The highest BCUT2D eigenvalue weighted by Gasteiger charge is 2.24. The average molecular weight is 452 g/mol. The molecule has 2 heterocycles. The number of nitrogens with zero attached hydrogens (tertiary/aromatic N) is 4. The van der Waals surface area contributed by atoms with Gasteiger partial charge in [-0.2, -0.15) is 9.78 Å². The number of hydrogen-bond acceptors (Lipinski definition) is 7. The van der Waals surface area contributed by atoms with Crippen LogP contribution in [0.1, 0.15) is 21.5 Å². The van der Waals surface area contributed by atoms with Crippen LogP contribution in [0.5, 0.6) is 11.5 Å². The molecule has 0 spiro atoms. The number of carbonyl (C=O) groups excluding carboxylic acids is 1. The van der Waals surface area contributed by atoms with E-state index in [0.29, 0.717) is 33.4 Å². The molecular weight excluding hydrogens is 432 g/mol. The first-order valence-electron chi connectivity index (χ1n) is 10.4. The maximum absolute atomic E-state index is 13.3. The van der Waals surface area contributed by atoms with Crippen molar-refractivity contribution in [3.05, 3.63) is 83.4 Å². The number of anilines is 2. The molecule has 0 saturated heterocycles. The fourth-order valence-corrected chi connectivity index (χ4v) is 3.56. The van der Waals surface area contributed by atoms with E-state index in [0.717, 1.165) is 5.56 Å². The van der Waals surface area contributed by atoms with Crippen LogP contribution in [0, 0.1) is 6.92 Å². The molecule has 9 heteroatoms. The monoisotopic (exact) mass is 452 g/mol. The third kappa shape index (κ3) is 3.75. The van der Waals surface area contributed by atoms with E-state index < -0.39 is 5.91 Å². The second kappa shape index (κ2) is 8.21. The summed E-state index contributed by atoms with van der Waals surface area (Å²) in [5.74, 6) is -0.893. The van der Waals surface area contributed by atoms with E-state index in [1.54, 1.807) is 24.3 Å². The summed E-state index contributed by atoms with van der Waals surface area (Å²) in [5, 5.41) is 26.5. The maximum atomic E-state index is 13.3. The molecule has 0 unspecified atom stereocenters. The highest BCUT2D eigenvalue weighted by Crippen LogP contribution is 2.29. The van der Waals surface area contributed by atoms with Crippen LogP contribution in [0.15, 0.2) is 71.8 Å². The Hall–Kier alpha value is -4.92. The molecule has 5 aromatic rings. The first-order valence-corrected chi connectivity index (χ1v) is 10.4. The molecule has 1 amide bonds. The Kier molecular flexibility index (Phi) is 5.06. The Bertz CT molecular complexity index is 1590. The van der Waals surface area contributed by atoms with Crippen LogP contribution in [-0.2, 0) is 0 Å². The Labute approximate surface area is 193 Å². The van der Waals surface area contributed by atoms with Gasteiger partial charge >= 0.3 is 0 Å². The second-order valence-corrected chi connectivity index (χ2v) is 7.77. The third-order valence-electron chi connectivity index (χ3n) is 5.33. The molecule has 0 aliphatic heterocycles. The number of fused-ring (bicyclic) bond motifs is 2. The second-order valence-electron chi connectivity index (χ2n) is 7.77. The Morgan fingerprint density at radius 2 is 1.71 bits per heavy atom. The number of aromatic hydroxyl groups is 2. The van der Waals surface area contributed by atoms with E-state index in [1.165, 1.54) is 23.0 Å². The third-order valence-corrected chi connectivity index (χ3v) is 5.33. The average Bonchev–Trinajstić information content (AvgIpc) is 3.10. The number of aromatic nitrogens is 3. The summed E-state index contributed by atoms with van der Waals surface area (Å²) in [6.45, 7) is 1.96. The number of benzene rings is 3. The largest absolute Gasteiger partial charge is 0.504 e. The molecule has 0 radical (unpaired) electrons. The molecule has 9 nitrogen and oxygen atoms in total. The van der Waals surface area contributed by atoms with Crippen LogP contribution in [0.2, 0.25) is 0 Å². The number of para-hydroxylation sites is 2. The number of carbonyl (C=O) groups is 1. The quantitative estimate of drug-likeness (QED) is 0.240. The zero-order chi connectivity index (χ0) is 23.8. The summed E-state index contributed by atoms with van der Waals surface area (Å²) < 4.78 is 1.34. The number of hydrogen-bond donors (Lipinski definition) is 4. The van der Waals surface area contributed by atoms with Crippen molar-refractivity contribution in [3.63, 3.8) is 0 Å². The molecule has 3 aromatic carbocycles. The van der Waals surface area contributed by atoms with Gasteiger partial charge in [-0.25, -0.2) is 9.97 Å². The lowest BCUT2D eigenvalue weighted by molar-refractivity contribution is 0.102. The zero-order valence-corrected chi connectivity index (χ0v) is 18.1. The van der Waals surface area contributed by atoms with E-state index in [1.807, 2.05) is 37.3 Å². The van der Waals surface area contributed by atoms with Crippen molar-refractivity contribution in [1.82, 2.24) is 14.6 Å². The Morgan fingerprint density at radius 1 is 1.00 bits per heavy atom. The van der Waals surface area contributed by atoms with Crippen LogP contribution in [0.25, 0.3) is 22.2 Å². The summed E-state index contributed by atoms with van der Waals surface area (Å²) in [6, 6.07) is 19.0. The summed E-state index contributed by atoms with van der Waals surface area (Å²) in [5.41, 5.74) is 10.6. The van der Waals surface area contributed by atoms with Gasteiger partial charge in [0, 0.05) is 5.69 Å². The molecule has 0 fully saturated rings. The minimum Gasteiger partial charge on any atom is -0.504 e. The highest BCUT2D eigenvalue weighted by molar-refractivity contribution is 6.16. The lowest BCUT2D eigenvalue weighted by atomic mass is 10.2. The predicted molar refractivity (Wildman–Crippen MR) is 131 cm³/mol. The SMILES string of the molecule is Cc1ccc(NC(=O)c2c(N)n(N=Cc3ccc(O)c(O)c3)c3nc4ccccc4nc23)cc1. The van der Waals surface area contributed by atoms with Crippen molar-refractivity contribution in [2.24, 2.45) is 5.10 Å². The maximum Gasteiger partial charge on any atom is 0.261 e. The fraction of sp³-hybridized carbons (Fsp3) is 0.0400. The molecule has 0 atom stereocenters. The van der Waals surface area contributed by atoms with Crippen LogP contribution in [0.4, 0.5) is 11.5 Å². The lowest BCUT2D eigenvalue weighted by Crippen LogP contribution is -2.14. The normalized spacial score (nSPS) is 11.4. The molecule has 168 valence electrons. The van der Waals surface area contributed by atoms with E-state index in [4.69, 9.17) is 5.73 Å². The molecule has 5 N–H and O–H groups in total. The zero-order valence-electron chi connectivity index (χ0n) is 18.1. The van der Waals surface area contributed by atoms with E-state index >= 15 is 0 Å². The molecule has 0 aliphatic rings. The number of nitrogens with two attached hydrogens (primary N) is 1. The number of nitrogen functional groups attached to an aromatic ring is 1. The first kappa shape index (κ1) is 21.0. The minimum atomic E-state index is -0.438. The van der Waals surface area contributed by atoms with Gasteiger partial charge in [0.05, 0.1) is 17.2 Å². The first-order chi connectivity index (χ1) is 16.4. The van der Waals surface area contributed by atoms with E-state index in [-0.39, 0.29) is 22.9 Å². The lowest BCUT2D eigenvalue weighted by Gasteiger charge is -2.06.